The molecule has 174 valence electrons. The van der Waals surface area contributed by atoms with E-state index in [9.17, 15) is 14.4 Å². The first-order chi connectivity index (χ1) is 14.8. The van der Waals surface area contributed by atoms with Gasteiger partial charge in [0.15, 0.2) is 0 Å². The highest BCUT2D eigenvalue weighted by Crippen LogP contribution is 2.24. The lowest BCUT2D eigenvalue weighted by Crippen LogP contribution is -2.43. The highest BCUT2D eigenvalue weighted by atomic mass is 35.5. The molecule has 0 aliphatic carbocycles. The van der Waals surface area contributed by atoms with Gasteiger partial charge in [-0.25, -0.2) is 0 Å². The van der Waals surface area contributed by atoms with Gasteiger partial charge in [-0.1, -0.05) is 39.3 Å². The van der Waals surface area contributed by atoms with Crippen molar-refractivity contribution in [3.63, 3.8) is 0 Å². The SMILES string of the molecule is CC.CC.CNC(C)=O.NC(=O)[C@@H]1CCCN1C(=O)CCc1c[nH]c2ccc(Cl)cc12. The first-order valence-electron chi connectivity index (χ1n) is 10.9. The minimum absolute atomic E-state index is 0.00463. The van der Waals surface area contributed by atoms with Crippen LogP contribution in [0.4, 0.5) is 0 Å². The van der Waals surface area contributed by atoms with Crippen LogP contribution in [0.3, 0.4) is 0 Å². The first-order valence-corrected chi connectivity index (χ1v) is 11.2. The second-order valence-corrected chi connectivity index (χ2v) is 6.89. The number of aromatic nitrogens is 1. The van der Waals surface area contributed by atoms with Gasteiger partial charge in [0.1, 0.15) is 6.04 Å². The van der Waals surface area contributed by atoms with Crippen molar-refractivity contribution in [2.75, 3.05) is 13.6 Å². The molecule has 0 unspecified atom stereocenters. The summed E-state index contributed by atoms with van der Waals surface area (Å²) < 4.78 is 0. The Balaban J connectivity index is 0.000000867. The number of benzene rings is 1. The topological polar surface area (TPSA) is 108 Å². The van der Waals surface area contributed by atoms with Crippen molar-refractivity contribution in [1.29, 1.82) is 0 Å². The van der Waals surface area contributed by atoms with Crippen molar-refractivity contribution in [3.05, 3.63) is 35.0 Å². The zero-order chi connectivity index (χ0) is 24.0. The Hall–Kier alpha value is -2.54. The second kappa shape index (κ2) is 15.3. The number of carbonyl (C=O) groups is 3. The maximum atomic E-state index is 12.3. The van der Waals surface area contributed by atoms with Crippen LogP contribution in [-0.4, -0.2) is 47.2 Å². The minimum atomic E-state index is -0.440. The zero-order valence-corrected chi connectivity index (χ0v) is 20.3. The molecule has 7 nitrogen and oxygen atoms in total. The fourth-order valence-corrected chi connectivity index (χ4v) is 3.28. The number of nitrogens with two attached hydrogens (primary N) is 1. The monoisotopic (exact) mass is 452 g/mol. The maximum Gasteiger partial charge on any atom is 0.240 e. The first kappa shape index (κ1) is 28.5. The Morgan fingerprint density at radius 3 is 2.39 bits per heavy atom. The van der Waals surface area contributed by atoms with Gasteiger partial charge in [0.05, 0.1) is 0 Å². The number of amides is 3. The minimum Gasteiger partial charge on any atom is -0.368 e. The smallest absolute Gasteiger partial charge is 0.240 e. The fourth-order valence-electron chi connectivity index (χ4n) is 3.10. The molecule has 2 heterocycles. The molecule has 1 aromatic carbocycles. The van der Waals surface area contributed by atoms with Crippen molar-refractivity contribution in [2.24, 2.45) is 5.73 Å². The molecule has 1 saturated heterocycles. The van der Waals surface area contributed by atoms with Crippen LogP contribution in [0, 0.1) is 0 Å². The predicted octanol–water partition coefficient (Wildman–Crippen LogP) is 4.03. The van der Waals surface area contributed by atoms with E-state index >= 15 is 0 Å². The van der Waals surface area contributed by atoms with Crippen molar-refractivity contribution in [1.82, 2.24) is 15.2 Å². The van der Waals surface area contributed by atoms with Crippen molar-refractivity contribution < 1.29 is 14.4 Å². The van der Waals surface area contributed by atoms with E-state index < -0.39 is 11.9 Å². The van der Waals surface area contributed by atoms with Crippen LogP contribution in [0.1, 0.15) is 59.4 Å². The number of nitrogens with one attached hydrogen (secondary N) is 2. The number of rotatable bonds is 4. The standard InChI is InChI=1S/C16H18ClN3O2.C3H7NO.2C2H6/c17-11-4-5-13-12(8-11)10(9-19-13)3-6-15(21)20-7-1-2-14(20)16(18)22;1-3(5)4-2;2*1-2/h4-5,8-9,14,19H,1-3,6-7H2,(H2,18,22);1-2H3,(H,4,5);2*1-2H3/t14-;;;/m0.../s1. The summed E-state index contributed by atoms with van der Waals surface area (Å²) in [4.78, 5) is 38.2. The maximum absolute atomic E-state index is 12.3. The van der Waals surface area contributed by atoms with Crippen LogP contribution in [0.15, 0.2) is 24.4 Å². The number of H-pyrrole nitrogens is 1. The highest BCUT2D eigenvalue weighted by Gasteiger charge is 2.32. The van der Waals surface area contributed by atoms with Gasteiger partial charge in [0.2, 0.25) is 17.7 Å². The molecule has 1 fully saturated rings. The van der Waals surface area contributed by atoms with Crippen molar-refractivity contribution in [3.8, 4) is 0 Å². The van der Waals surface area contributed by atoms with E-state index in [1.54, 1.807) is 11.9 Å². The van der Waals surface area contributed by atoms with Gasteiger partial charge in [-0.2, -0.15) is 0 Å². The molecule has 3 amide bonds. The molecule has 1 aliphatic rings. The Morgan fingerprint density at radius 2 is 1.84 bits per heavy atom. The lowest BCUT2D eigenvalue weighted by molar-refractivity contribution is -0.137. The number of carbonyl (C=O) groups excluding carboxylic acids is 3. The van der Waals surface area contributed by atoms with Crippen LogP contribution >= 0.6 is 11.6 Å². The quantitative estimate of drug-likeness (QED) is 0.651. The molecule has 8 heteroatoms. The number of halogens is 1. The van der Waals surface area contributed by atoms with Crippen LogP contribution in [0.25, 0.3) is 10.9 Å². The van der Waals surface area contributed by atoms with Crippen LogP contribution < -0.4 is 11.1 Å². The Labute approximate surface area is 190 Å². The van der Waals surface area contributed by atoms with Gasteiger partial charge in [-0.05, 0) is 43.0 Å². The number of hydrogen-bond donors (Lipinski definition) is 3. The summed E-state index contributed by atoms with van der Waals surface area (Å²) in [7, 11) is 1.60. The Kier molecular flexibility index (Phi) is 14.0. The molecule has 4 N–H and O–H groups in total. The fraction of sp³-hybridized carbons (Fsp3) is 0.522. The molecule has 2 aromatic rings. The molecule has 0 spiro atoms. The highest BCUT2D eigenvalue weighted by molar-refractivity contribution is 6.31. The van der Waals surface area contributed by atoms with E-state index in [2.05, 4.69) is 10.3 Å². The van der Waals surface area contributed by atoms with E-state index in [0.717, 1.165) is 22.9 Å². The summed E-state index contributed by atoms with van der Waals surface area (Å²) in [5, 5.41) is 4.10. The third kappa shape index (κ3) is 9.00. The van der Waals surface area contributed by atoms with E-state index in [-0.39, 0.29) is 11.8 Å². The van der Waals surface area contributed by atoms with Crippen LogP contribution in [0.5, 0.6) is 0 Å². The number of fused-ring (bicyclic) bond motifs is 1. The molecule has 0 bridgehead atoms. The molecule has 1 atom stereocenters. The third-order valence-corrected chi connectivity index (χ3v) is 4.83. The van der Waals surface area contributed by atoms with Gasteiger partial charge >= 0.3 is 0 Å². The molecule has 1 aliphatic heterocycles. The summed E-state index contributed by atoms with van der Waals surface area (Å²) in [5.74, 6) is -0.424. The largest absolute Gasteiger partial charge is 0.368 e. The van der Waals surface area contributed by atoms with E-state index in [4.69, 9.17) is 17.3 Å². The molecule has 31 heavy (non-hydrogen) atoms. The Morgan fingerprint density at radius 1 is 1.23 bits per heavy atom. The van der Waals surface area contributed by atoms with Gasteiger partial charge in [-0.3, -0.25) is 14.4 Å². The average molecular weight is 453 g/mol. The molecular formula is C23H37ClN4O3. The van der Waals surface area contributed by atoms with Crippen LogP contribution in [-0.2, 0) is 20.8 Å². The number of aromatic amines is 1. The lowest BCUT2D eigenvalue weighted by atomic mass is 10.1. The summed E-state index contributed by atoms with van der Waals surface area (Å²) in [5.41, 5.74) is 7.41. The summed E-state index contributed by atoms with van der Waals surface area (Å²) >= 11 is 6.03. The van der Waals surface area contributed by atoms with E-state index in [1.807, 2.05) is 52.1 Å². The van der Waals surface area contributed by atoms with Crippen molar-refractivity contribution >= 4 is 40.2 Å². The zero-order valence-electron chi connectivity index (χ0n) is 19.5. The summed E-state index contributed by atoms with van der Waals surface area (Å²) in [6.45, 7) is 10.1. The van der Waals surface area contributed by atoms with Gasteiger partial charge in [0.25, 0.3) is 0 Å². The lowest BCUT2D eigenvalue weighted by Gasteiger charge is -2.22. The molecule has 3 rings (SSSR count). The Bertz CT molecular complexity index is 835. The van der Waals surface area contributed by atoms with Crippen molar-refractivity contribution in [2.45, 2.75) is 66.3 Å². The van der Waals surface area contributed by atoms with Gasteiger partial charge < -0.3 is 20.9 Å². The van der Waals surface area contributed by atoms with Gasteiger partial charge in [-0.15, -0.1) is 0 Å². The van der Waals surface area contributed by atoms with Crippen LogP contribution in [0.2, 0.25) is 5.02 Å². The summed E-state index contributed by atoms with van der Waals surface area (Å²) in [6.07, 6.45) is 4.39. The number of likely N-dealkylation sites (tertiary alicyclic amines) is 1. The predicted molar refractivity (Wildman–Crippen MR) is 128 cm³/mol. The number of primary amides is 1. The molecule has 1 aromatic heterocycles. The number of nitrogens with zero attached hydrogens (tertiary/aromatic N) is 1. The van der Waals surface area contributed by atoms with E-state index in [0.29, 0.717) is 30.8 Å². The second-order valence-electron chi connectivity index (χ2n) is 6.46. The number of aryl methyl sites for hydroxylation is 1. The summed E-state index contributed by atoms with van der Waals surface area (Å²) in [6, 6.07) is 5.21. The molecule has 0 saturated carbocycles. The van der Waals surface area contributed by atoms with Gasteiger partial charge in [0, 0.05) is 49.1 Å². The number of hydrogen-bond acceptors (Lipinski definition) is 3. The normalized spacial score (nSPS) is 14.3. The molecular weight excluding hydrogens is 416 g/mol. The third-order valence-electron chi connectivity index (χ3n) is 4.59. The molecule has 0 radical (unpaired) electrons. The van der Waals surface area contributed by atoms with E-state index in [1.165, 1.54) is 6.92 Å². The average Bonchev–Trinajstić information content (AvgIpc) is 3.42.